The van der Waals surface area contributed by atoms with Gasteiger partial charge in [-0.05, 0) is 43.9 Å². The van der Waals surface area contributed by atoms with Gasteiger partial charge in [0.15, 0.2) is 0 Å². The maximum Gasteiger partial charge on any atom is 0.223 e. The van der Waals surface area contributed by atoms with E-state index in [2.05, 4.69) is 11.9 Å². The smallest absolute Gasteiger partial charge is 0.223 e. The van der Waals surface area contributed by atoms with Crippen molar-refractivity contribution < 1.29 is 9.53 Å². The quantitative estimate of drug-likeness (QED) is 0.834. The maximum atomic E-state index is 12.1. The fraction of sp³-hybridized carbons (Fsp3) is 0.600. The minimum Gasteiger partial charge on any atom is -0.381 e. The lowest BCUT2D eigenvalue weighted by atomic mass is 10.0. The number of amides is 1. The second-order valence-electron chi connectivity index (χ2n) is 5.46. The van der Waals surface area contributed by atoms with Gasteiger partial charge in [0.05, 0.1) is 12.2 Å². The Morgan fingerprint density at radius 2 is 2.26 bits per heavy atom. The normalized spacial score (nSPS) is 18.6. The first-order valence-electron chi connectivity index (χ1n) is 6.80. The molecule has 1 aromatic rings. The summed E-state index contributed by atoms with van der Waals surface area (Å²) in [6, 6.07) is 4.08. The van der Waals surface area contributed by atoms with E-state index in [0.29, 0.717) is 18.9 Å². The summed E-state index contributed by atoms with van der Waals surface area (Å²) in [5, 5.41) is 0. The Hall–Kier alpha value is -1.42. The van der Waals surface area contributed by atoms with Crippen molar-refractivity contribution in [3.63, 3.8) is 0 Å². The third-order valence-corrected chi connectivity index (χ3v) is 3.46. The lowest BCUT2D eigenvalue weighted by Crippen LogP contribution is -2.28. The van der Waals surface area contributed by atoms with Crippen LogP contribution in [0.3, 0.4) is 0 Å². The summed E-state index contributed by atoms with van der Waals surface area (Å²) in [6.45, 7) is 6.13. The van der Waals surface area contributed by atoms with Crippen LogP contribution in [-0.2, 0) is 16.1 Å². The van der Waals surface area contributed by atoms with E-state index in [1.54, 1.807) is 4.90 Å². The Bertz CT molecular complexity index is 433. The number of carbonyl (C=O) groups is 1. The fourth-order valence-corrected chi connectivity index (χ4v) is 2.48. The van der Waals surface area contributed by atoms with Crippen molar-refractivity contribution in [2.45, 2.75) is 33.2 Å². The Labute approximate surface area is 114 Å². The average Bonchev–Trinajstić information content (AvgIpc) is 2.80. The zero-order valence-electron chi connectivity index (χ0n) is 12.0. The molecular weight excluding hydrogens is 240 g/mol. The molecular formula is C15H22N2O2. The van der Waals surface area contributed by atoms with Crippen molar-refractivity contribution in [3.05, 3.63) is 29.1 Å². The Balaban J connectivity index is 1.91. The molecule has 0 bridgehead atoms. The highest BCUT2D eigenvalue weighted by Crippen LogP contribution is 2.17. The molecule has 19 heavy (non-hydrogen) atoms. The minimum absolute atomic E-state index is 0.177. The molecule has 2 heterocycles. The van der Waals surface area contributed by atoms with Crippen LogP contribution in [0.25, 0.3) is 0 Å². The van der Waals surface area contributed by atoms with Crippen molar-refractivity contribution >= 4 is 5.91 Å². The summed E-state index contributed by atoms with van der Waals surface area (Å²) in [5.41, 5.74) is 3.14. The van der Waals surface area contributed by atoms with Crippen LogP contribution in [0.15, 0.2) is 12.1 Å². The summed E-state index contributed by atoms with van der Waals surface area (Å²) in [4.78, 5) is 18.3. The summed E-state index contributed by atoms with van der Waals surface area (Å²) in [7, 11) is 1.84. The minimum atomic E-state index is 0.177. The number of pyridine rings is 1. The van der Waals surface area contributed by atoms with Gasteiger partial charge in [-0.2, -0.15) is 0 Å². The van der Waals surface area contributed by atoms with E-state index in [1.807, 2.05) is 26.1 Å². The van der Waals surface area contributed by atoms with E-state index in [1.165, 1.54) is 5.56 Å². The fourth-order valence-electron chi connectivity index (χ4n) is 2.48. The molecule has 1 fully saturated rings. The van der Waals surface area contributed by atoms with Gasteiger partial charge in [-0.3, -0.25) is 9.78 Å². The van der Waals surface area contributed by atoms with Gasteiger partial charge < -0.3 is 9.64 Å². The highest BCUT2D eigenvalue weighted by atomic mass is 16.5. The SMILES string of the molecule is Cc1cc(C)nc(CN(C)C(=O)C[C@@H]2CCOC2)c1. The Morgan fingerprint density at radius 3 is 2.89 bits per heavy atom. The Kier molecular flexibility index (Phi) is 4.53. The number of hydrogen-bond acceptors (Lipinski definition) is 3. The molecule has 1 amide bonds. The molecule has 1 saturated heterocycles. The number of carbonyl (C=O) groups excluding carboxylic acids is 1. The van der Waals surface area contributed by atoms with Gasteiger partial charge in [-0.1, -0.05) is 0 Å². The summed E-state index contributed by atoms with van der Waals surface area (Å²) in [6.07, 6.45) is 1.59. The van der Waals surface area contributed by atoms with E-state index < -0.39 is 0 Å². The van der Waals surface area contributed by atoms with Crippen LogP contribution in [-0.4, -0.2) is 36.1 Å². The molecule has 0 saturated carbocycles. The molecule has 1 aliphatic rings. The molecule has 0 radical (unpaired) electrons. The number of nitrogens with zero attached hydrogens (tertiary/aromatic N) is 2. The standard InChI is InChI=1S/C15H22N2O2/c1-11-6-12(2)16-14(7-11)9-17(3)15(18)8-13-4-5-19-10-13/h6-7,13H,4-5,8-10H2,1-3H3/t13-/m0/s1. The molecule has 4 heteroatoms. The zero-order chi connectivity index (χ0) is 13.8. The van der Waals surface area contributed by atoms with Crippen LogP contribution in [0.5, 0.6) is 0 Å². The predicted molar refractivity (Wildman–Crippen MR) is 73.7 cm³/mol. The van der Waals surface area contributed by atoms with Crippen molar-refractivity contribution in [2.24, 2.45) is 5.92 Å². The van der Waals surface area contributed by atoms with Gasteiger partial charge in [0, 0.05) is 32.4 Å². The number of ether oxygens (including phenoxy) is 1. The third-order valence-electron chi connectivity index (χ3n) is 3.46. The van der Waals surface area contributed by atoms with Gasteiger partial charge in [-0.15, -0.1) is 0 Å². The molecule has 0 N–H and O–H groups in total. The highest BCUT2D eigenvalue weighted by molar-refractivity contribution is 5.76. The maximum absolute atomic E-state index is 12.1. The summed E-state index contributed by atoms with van der Waals surface area (Å²) in [5.74, 6) is 0.568. The van der Waals surface area contributed by atoms with Gasteiger partial charge in [0.2, 0.25) is 5.91 Å². The second kappa shape index (κ2) is 6.15. The van der Waals surface area contributed by atoms with Crippen LogP contribution in [0.1, 0.15) is 29.8 Å². The van der Waals surface area contributed by atoms with Gasteiger partial charge in [0.1, 0.15) is 0 Å². The van der Waals surface area contributed by atoms with Crippen LogP contribution < -0.4 is 0 Å². The molecule has 104 valence electrons. The first-order valence-corrected chi connectivity index (χ1v) is 6.80. The largest absolute Gasteiger partial charge is 0.381 e. The summed E-state index contributed by atoms with van der Waals surface area (Å²) >= 11 is 0. The van der Waals surface area contributed by atoms with Gasteiger partial charge >= 0.3 is 0 Å². The van der Waals surface area contributed by atoms with Crippen molar-refractivity contribution in [2.75, 3.05) is 20.3 Å². The first-order chi connectivity index (χ1) is 9.04. The van der Waals surface area contributed by atoms with Crippen LogP contribution in [0.2, 0.25) is 0 Å². The molecule has 2 rings (SSSR count). The lowest BCUT2D eigenvalue weighted by Gasteiger charge is -2.19. The molecule has 0 spiro atoms. The van der Waals surface area contributed by atoms with Gasteiger partial charge in [-0.25, -0.2) is 0 Å². The predicted octanol–water partition coefficient (Wildman–Crippen LogP) is 2.08. The van der Waals surface area contributed by atoms with Crippen molar-refractivity contribution in [1.82, 2.24) is 9.88 Å². The molecule has 1 atom stereocenters. The second-order valence-corrected chi connectivity index (χ2v) is 5.46. The monoisotopic (exact) mass is 262 g/mol. The van der Waals surface area contributed by atoms with Crippen molar-refractivity contribution in [1.29, 1.82) is 0 Å². The van der Waals surface area contributed by atoms with E-state index in [0.717, 1.165) is 31.0 Å². The highest BCUT2D eigenvalue weighted by Gasteiger charge is 2.21. The third kappa shape index (κ3) is 4.03. The van der Waals surface area contributed by atoms with E-state index in [4.69, 9.17) is 4.74 Å². The van der Waals surface area contributed by atoms with E-state index in [-0.39, 0.29) is 5.91 Å². The Morgan fingerprint density at radius 1 is 1.47 bits per heavy atom. The van der Waals surface area contributed by atoms with E-state index >= 15 is 0 Å². The molecule has 4 nitrogen and oxygen atoms in total. The first kappa shape index (κ1) is 14.0. The number of aromatic nitrogens is 1. The van der Waals surface area contributed by atoms with Crippen molar-refractivity contribution in [3.8, 4) is 0 Å². The topological polar surface area (TPSA) is 42.4 Å². The molecule has 0 unspecified atom stereocenters. The average molecular weight is 262 g/mol. The zero-order valence-corrected chi connectivity index (χ0v) is 12.0. The molecule has 1 aromatic heterocycles. The van der Waals surface area contributed by atoms with Crippen LogP contribution >= 0.6 is 0 Å². The number of hydrogen-bond donors (Lipinski definition) is 0. The van der Waals surface area contributed by atoms with E-state index in [9.17, 15) is 4.79 Å². The van der Waals surface area contributed by atoms with Crippen LogP contribution in [0.4, 0.5) is 0 Å². The molecule has 0 aliphatic carbocycles. The number of aryl methyl sites for hydroxylation is 2. The van der Waals surface area contributed by atoms with Gasteiger partial charge in [0.25, 0.3) is 0 Å². The van der Waals surface area contributed by atoms with Crippen LogP contribution in [0, 0.1) is 19.8 Å². The molecule has 0 aromatic carbocycles. The molecule has 1 aliphatic heterocycles. The lowest BCUT2D eigenvalue weighted by molar-refractivity contribution is -0.131. The summed E-state index contributed by atoms with van der Waals surface area (Å²) < 4.78 is 5.30. The number of rotatable bonds is 4.